The molecule has 0 fully saturated rings. The van der Waals surface area contributed by atoms with E-state index in [1.165, 1.54) is 62.8 Å². The van der Waals surface area contributed by atoms with E-state index in [9.17, 15) is 0 Å². The minimum Gasteiger partial charge on any atom is -0.348 e. The van der Waals surface area contributed by atoms with Crippen molar-refractivity contribution in [2.24, 2.45) is 5.92 Å². The summed E-state index contributed by atoms with van der Waals surface area (Å²) in [5, 5.41) is 0. The van der Waals surface area contributed by atoms with Crippen molar-refractivity contribution in [2.45, 2.75) is 72.1 Å². The lowest BCUT2D eigenvalue weighted by Gasteiger charge is -2.15. The number of H-pyrrole nitrogens is 1. The number of imidazole rings is 1. The van der Waals surface area contributed by atoms with Gasteiger partial charge in [0.15, 0.2) is 0 Å². The number of nitrogens with zero attached hydrogens (tertiary/aromatic N) is 1. The van der Waals surface area contributed by atoms with Crippen LogP contribution < -0.4 is 0 Å². The molecule has 1 N–H and O–H groups in total. The summed E-state index contributed by atoms with van der Waals surface area (Å²) < 4.78 is 0. The third kappa shape index (κ3) is 5.38. The third-order valence-corrected chi connectivity index (χ3v) is 3.60. The first-order chi connectivity index (χ1) is 8.27. The zero-order chi connectivity index (χ0) is 12.5. The molecule has 1 unspecified atom stereocenters. The van der Waals surface area contributed by atoms with Crippen LogP contribution >= 0.6 is 0 Å². The average molecular weight is 236 g/mol. The molecule has 0 bridgehead atoms. The smallest absolute Gasteiger partial charge is 0.0925 e. The molecular formula is C15H28N2. The molecule has 17 heavy (non-hydrogen) atoms. The quantitative estimate of drug-likeness (QED) is 0.621. The van der Waals surface area contributed by atoms with Crippen molar-refractivity contribution >= 4 is 0 Å². The van der Waals surface area contributed by atoms with Crippen molar-refractivity contribution in [3.05, 3.63) is 17.7 Å². The van der Waals surface area contributed by atoms with Gasteiger partial charge in [-0.1, -0.05) is 58.8 Å². The van der Waals surface area contributed by atoms with Crippen molar-refractivity contribution in [2.75, 3.05) is 0 Å². The summed E-state index contributed by atoms with van der Waals surface area (Å²) in [6.07, 6.45) is 12.5. The third-order valence-electron chi connectivity index (χ3n) is 3.60. The molecule has 0 aliphatic rings. The Bertz CT molecular complexity index is 291. The molecule has 0 spiro atoms. The van der Waals surface area contributed by atoms with E-state index in [1.807, 2.05) is 6.33 Å². The number of aryl methyl sites for hydroxylation is 1. The molecule has 0 radical (unpaired) electrons. The largest absolute Gasteiger partial charge is 0.348 e. The summed E-state index contributed by atoms with van der Waals surface area (Å²) in [5.41, 5.74) is 2.53. The Morgan fingerprint density at radius 3 is 2.41 bits per heavy atom. The fourth-order valence-electron chi connectivity index (χ4n) is 2.39. The summed E-state index contributed by atoms with van der Waals surface area (Å²) in [6, 6.07) is 0. The summed E-state index contributed by atoms with van der Waals surface area (Å²) in [6.45, 7) is 6.69. The number of unbranched alkanes of at least 4 members (excludes halogenated alkanes) is 3. The second-order valence-electron chi connectivity index (χ2n) is 5.18. The molecule has 1 heterocycles. The van der Waals surface area contributed by atoms with E-state index in [0.29, 0.717) is 0 Å². The van der Waals surface area contributed by atoms with Crippen LogP contribution in [0.1, 0.15) is 70.2 Å². The first-order valence-corrected chi connectivity index (χ1v) is 7.26. The Balaban J connectivity index is 2.42. The first kappa shape index (κ1) is 14.3. The van der Waals surface area contributed by atoms with Gasteiger partial charge in [-0.15, -0.1) is 0 Å². The molecule has 0 aliphatic heterocycles. The zero-order valence-electron chi connectivity index (χ0n) is 11.8. The number of aromatic amines is 1. The Labute approximate surface area is 106 Å². The van der Waals surface area contributed by atoms with E-state index in [0.717, 1.165) is 5.92 Å². The van der Waals surface area contributed by atoms with Crippen molar-refractivity contribution in [3.8, 4) is 0 Å². The van der Waals surface area contributed by atoms with Gasteiger partial charge in [-0.3, -0.25) is 0 Å². The van der Waals surface area contributed by atoms with E-state index in [-0.39, 0.29) is 0 Å². The van der Waals surface area contributed by atoms with E-state index in [4.69, 9.17) is 0 Å². The van der Waals surface area contributed by atoms with Crippen molar-refractivity contribution in [1.29, 1.82) is 0 Å². The van der Waals surface area contributed by atoms with E-state index in [1.54, 1.807) is 0 Å². The second kappa shape index (κ2) is 8.32. The van der Waals surface area contributed by atoms with Crippen LogP contribution in [0.3, 0.4) is 0 Å². The highest BCUT2D eigenvalue weighted by molar-refractivity contribution is 5.09. The summed E-state index contributed by atoms with van der Waals surface area (Å²) >= 11 is 0. The van der Waals surface area contributed by atoms with Crippen LogP contribution in [0.25, 0.3) is 0 Å². The number of hydrogen-bond acceptors (Lipinski definition) is 1. The summed E-state index contributed by atoms with van der Waals surface area (Å²) in [5.74, 6) is 0.837. The van der Waals surface area contributed by atoms with Gasteiger partial charge in [-0.25, -0.2) is 4.98 Å². The minimum atomic E-state index is 0.837. The topological polar surface area (TPSA) is 28.7 Å². The van der Waals surface area contributed by atoms with Crippen LogP contribution in [-0.4, -0.2) is 9.97 Å². The molecule has 0 amide bonds. The summed E-state index contributed by atoms with van der Waals surface area (Å²) in [7, 11) is 0. The van der Waals surface area contributed by atoms with E-state index >= 15 is 0 Å². The maximum absolute atomic E-state index is 4.44. The van der Waals surface area contributed by atoms with Crippen molar-refractivity contribution < 1.29 is 0 Å². The first-order valence-electron chi connectivity index (χ1n) is 7.26. The molecule has 0 saturated heterocycles. The van der Waals surface area contributed by atoms with Gasteiger partial charge in [-0.05, 0) is 19.3 Å². The molecule has 0 saturated carbocycles. The molecule has 2 nitrogen and oxygen atoms in total. The number of nitrogens with one attached hydrogen (secondary N) is 1. The molecule has 0 aromatic carbocycles. The maximum Gasteiger partial charge on any atom is 0.0925 e. The Kier molecular flexibility index (Phi) is 6.99. The molecule has 2 heteroatoms. The maximum atomic E-state index is 4.44. The predicted molar refractivity (Wildman–Crippen MR) is 74.2 cm³/mol. The van der Waals surface area contributed by atoms with Crippen molar-refractivity contribution in [1.82, 2.24) is 9.97 Å². The Morgan fingerprint density at radius 1 is 1.12 bits per heavy atom. The highest BCUT2D eigenvalue weighted by atomic mass is 14.9. The lowest BCUT2D eigenvalue weighted by atomic mass is 9.91. The molecule has 0 aliphatic carbocycles. The fourth-order valence-corrected chi connectivity index (χ4v) is 2.39. The number of rotatable bonds is 9. The lowest BCUT2D eigenvalue weighted by molar-refractivity contribution is 0.409. The molecular weight excluding hydrogens is 208 g/mol. The van der Waals surface area contributed by atoms with Crippen LogP contribution in [0.15, 0.2) is 6.33 Å². The molecule has 1 atom stereocenters. The van der Waals surface area contributed by atoms with Gasteiger partial charge in [0.25, 0.3) is 0 Å². The molecule has 1 aromatic rings. The lowest BCUT2D eigenvalue weighted by Crippen LogP contribution is -2.06. The van der Waals surface area contributed by atoms with E-state index < -0.39 is 0 Å². The van der Waals surface area contributed by atoms with Gasteiger partial charge >= 0.3 is 0 Å². The second-order valence-corrected chi connectivity index (χ2v) is 5.18. The normalized spacial score (nSPS) is 12.9. The van der Waals surface area contributed by atoms with Crippen LogP contribution in [0, 0.1) is 12.8 Å². The standard InChI is InChI=1S/C15H28N2/c1-4-6-8-10-14(9-7-5-2)11-15-13(3)16-12-17-15/h12,14H,4-11H2,1-3H3,(H,16,17). The molecule has 1 aromatic heterocycles. The van der Waals surface area contributed by atoms with Gasteiger partial charge in [-0.2, -0.15) is 0 Å². The zero-order valence-corrected chi connectivity index (χ0v) is 11.8. The SMILES string of the molecule is CCCCCC(CCCC)Cc1nc[nH]c1C. The van der Waals surface area contributed by atoms with Gasteiger partial charge in [0, 0.05) is 5.69 Å². The van der Waals surface area contributed by atoms with Gasteiger partial charge in [0.2, 0.25) is 0 Å². The monoisotopic (exact) mass is 236 g/mol. The van der Waals surface area contributed by atoms with E-state index in [2.05, 4.69) is 30.7 Å². The predicted octanol–water partition coefficient (Wildman–Crippen LogP) is 4.65. The molecule has 98 valence electrons. The van der Waals surface area contributed by atoms with Gasteiger partial charge in [0.1, 0.15) is 0 Å². The summed E-state index contributed by atoms with van der Waals surface area (Å²) in [4.78, 5) is 7.62. The van der Waals surface area contributed by atoms with Crippen LogP contribution in [0.2, 0.25) is 0 Å². The average Bonchev–Trinajstić information content (AvgIpc) is 2.72. The minimum absolute atomic E-state index is 0.837. The van der Waals surface area contributed by atoms with Crippen LogP contribution in [0.5, 0.6) is 0 Å². The highest BCUT2D eigenvalue weighted by Gasteiger charge is 2.12. The van der Waals surface area contributed by atoms with Crippen LogP contribution in [-0.2, 0) is 6.42 Å². The number of aromatic nitrogens is 2. The Morgan fingerprint density at radius 2 is 1.82 bits per heavy atom. The molecule has 1 rings (SSSR count). The highest BCUT2D eigenvalue weighted by Crippen LogP contribution is 2.21. The van der Waals surface area contributed by atoms with Gasteiger partial charge < -0.3 is 4.98 Å². The van der Waals surface area contributed by atoms with Crippen molar-refractivity contribution in [3.63, 3.8) is 0 Å². The number of hydrogen-bond donors (Lipinski definition) is 1. The fraction of sp³-hybridized carbons (Fsp3) is 0.800. The van der Waals surface area contributed by atoms with Gasteiger partial charge in [0.05, 0.1) is 12.0 Å². The van der Waals surface area contributed by atoms with Crippen LogP contribution in [0.4, 0.5) is 0 Å². The Hall–Kier alpha value is -0.790.